The normalized spacial score (nSPS) is 27.4. The summed E-state index contributed by atoms with van der Waals surface area (Å²) >= 11 is 0. The van der Waals surface area contributed by atoms with Gasteiger partial charge in [-0.15, -0.1) is 0 Å². The molecule has 1 N–H and O–H groups in total. The van der Waals surface area contributed by atoms with Gasteiger partial charge in [-0.1, -0.05) is 13.8 Å². The van der Waals surface area contributed by atoms with E-state index in [-0.39, 0.29) is 5.60 Å². The maximum Gasteiger partial charge on any atom is 0.0837 e. The lowest BCUT2D eigenvalue weighted by molar-refractivity contribution is -0.142. The second-order valence-electron chi connectivity index (χ2n) is 5.99. The highest BCUT2D eigenvalue weighted by molar-refractivity contribution is 4.91. The zero-order valence-corrected chi connectivity index (χ0v) is 11.3. The van der Waals surface area contributed by atoms with Crippen LogP contribution in [0.4, 0.5) is 0 Å². The molecule has 0 radical (unpaired) electrons. The molecule has 3 nitrogen and oxygen atoms in total. The summed E-state index contributed by atoms with van der Waals surface area (Å²) in [5, 5.41) is 3.52. The number of rotatable bonds is 7. The van der Waals surface area contributed by atoms with E-state index in [9.17, 15) is 0 Å². The zero-order chi connectivity index (χ0) is 12.1. The Kier molecular flexibility index (Phi) is 4.83. The average molecular weight is 241 g/mol. The van der Waals surface area contributed by atoms with Crippen LogP contribution in [0.3, 0.4) is 0 Å². The average Bonchev–Trinajstić information content (AvgIpc) is 2.72. The van der Waals surface area contributed by atoms with Crippen LogP contribution in [0.25, 0.3) is 0 Å². The molecule has 1 heterocycles. The third-order valence-corrected chi connectivity index (χ3v) is 3.88. The fraction of sp³-hybridized carbons (Fsp3) is 1.00. The first kappa shape index (κ1) is 13.3. The fourth-order valence-corrected chi connectivity index (χ4v) is 2.66. The molecule has 2 rings (SSSR count). The minimum Gasteiger partial charge on any atom is -0.379 e. The van der Waals surface area contributed by atoms with E-state index in [0.717, 1.165) is 45.1 Å². The van der Waals surface area contributed by atoms with Crippen molar-refractivity contribution in [3.05, 3.63) is 0 Å². The summed E-state index contributed by atoms with van der Waals surface area (Å²) in [6.07, 6.45) is 6.43. The van der Waals surface area contributed by atoms with Crippen LogP contribution < -0.4 is 5.32 Å². The van der Waals surface area contributed by atoms with Crippen molar-refractivity contribution in [2.24, 2.45) is 5.92 Å². The molecule has 2 aliphatic rings. The van der Waals surface area contributed by atoms with Crippen LogP contribution in [0.2, 0.25) is 0 Å². The van der Waals surface area contributed by atoms with Crippen molar-refractivity contribution < 1.29 is 9.47 Å². The van der Waals surface area contributed by atoms with E-state index in [0.29, 0.717) is 6.10 Å². The van der Waals surface area contributed by atoms with Gasteiger partial charge in [0.15, 0.2) is 0 Å². The van der Waals surface area contributed by atoms with Crippen molar-refractivity contribution in [2.75, 3.05) is 26.3 Å². The molecule has 2 fully saturated rings. The van der Waals surface area contributed by atoms with Gasteiger partial charge in [-0.25, -0.2) is 0 Å². The van der Waals surface area contributed by atoms with Gasteiger partial charge >= 0.3 is 0 Å². The first-order valence-electron chi connectivity index (χ1n) is 7.16. The predicted octanol–water partition coefficient (Wildman–Crippen LogP) is 2.35. The minimum atomic E-state index is 0.183. The Bertz CT molecular complexity index is 220. The molecule has 1 atom stereocenters. The van der Waals surface area contributed by atoms with Crippen LogP contribution >= 0.6 is 0 Å². The van der Waals surface area contributed by atoms with E-state index in [1.54, 1.807) is 0 Å². The Morgan fingerprint density at radius 3 is 2.76 bits per heavy atom. The monoisotopic (exact) mass is 241 g/mol. The van der Waals surface area contributed by atoms with Gasteiger partial charge in [-0.05, 0) is 51.1 Å². The quantitative estimate of drug-likeness (QED) is 0.694. The van der Waals surface area contributed by atoms with E-state index in [1.807, 2.05) is 0 Å². The van der Waals surface area contributed by atoms with E-state index in [4.69, 9.17) is 9.47 Å². The van der Waals surface area contributed by atoms with Gasteiger partial charge in [0.1, 0.15) is 0 Å². The molecule has 1 saturated carbocycles. The molecular weight excluding hydrogens is 214 g/mol. The molecule has 1 unspecified atom stereocenters. The highest BCUT2D eigenvalue weighted by atomic mass is 16.6. The molecule has 100 valence electrons. The van der Waals surface area contributed by atoms with Crippen molar-refractivity contribution in [2.45, 2.75) is 57.7 Å². The zero-order valence-electron chi connectivity index (χ0n) is 11.3. The lowest BCUT2D eigenvalue weighted by atomic mass is 9.77. The Balaban J connectivity index is 1.67. The van der Waals surface area contributed by atoms with Gasteiger partial charge < -0.3 is 14.8 Å². The van der Waals surface area contributed by atoms with Gasteiger partial charge in [-0.2, -0.15) is 0 Å². The first-order valence-corrected chi connectivity index (χ1v) is 7.16. The number of nitrogens with one attached hydrogen (secondary N) is 1. The molecule has 17 heavy (non-hydrogen) atoms. The second kappa shape index (κ2) is 6.17. The van der Waals surface area contributed by atoms with Gasteiger partial charge in [0.25, 0.3) is 0 Å². The number of hydrogen-bond acceptors (Lipinski definition) is 3. The molecule has 3 heteroatoms. The van der Waals surface area contributed by atoms with Crippen LogP contribution in [0.1, 0.15) is 46.0 Å². The SMILES string of the molecule is CC(C)CNCCC1(OC2CCOC2)CCC1. The topological polar surface area (TPSA) is 30.5 Å². The Labute approximate surface area is 105 Å². The molecule has 1 aliphatic carbocycles. The van der Waals surface area contributed by atoms with Gasteiger partial charge in [0.2, 0.25) is 0 Å². The molecule has 0 aromatic heterocycles. The van der Waals surface area contributed by atoms with Crippen LogP contribution in [0.5, 0.6) is 0 Å². The maximum atomic E-state index is 6.28. The summed E-state index contributed by atoms with van der Waals surface area (Å²) in [7, 11) is 0. The van der Waals surface area contributed by atoms with Crippen molar-refractivity contribution in [1.82, 2.24) is 5.32 Å². The van der Waals surface area contributed by atoms with Crippen molar-refractivity contribution in [1.29, 1.82) is 0 Å². The first-order chi connectivity index (χ1) is 8.20. The third kappa shape index (κ3) is 3.94. The van der Waals surface area contributed by atoms with Crippen LogP contribution in [0.15, 0.2) is 0 Å². The highest BCUT2D eigenvalue weighted by Crippen LogP contribution is 2.40. The standard InChI is InChI=1S/C14H27NO2/c1-12(2)10-15-8-7-14(5-3-6-14)17-13-4-9-16-11-13/h12-13,15H,3-11H2,1-2H3. The molecule has 0 bridgehead atoms. The molecule has 0 aromatic carbocycles. The fourth-order valence-electron chi connectivity index (χ4n) is 2.66. The van der Waals surface area contributed by atoms with E-state index in [2.05, 4.69) is 19.2 Å². The van der Waals surface area contributed by atoms with Crippen LogP contribution in [-0.4, -0.2) is 38.0 Å². The molecule has 0 amide bonds. The molecule has 1 aliphatic heterocycles. The van der Waals surface area contributed by atoms with Crippen molar-refractivity contribution in [3.63, 3.8) is 0 Å². The van der Waals surface area contributed by atoms with E-state index in [1.165, 1.54) is 19.3 Å². The predicted molar refractivity (Wildman–Crippen MR) is 69.2 cm³/mol. The van der Waals surface area contributed by atoms with E-state index >= 15 is 0 Å². The lowest BCUT2D eigenvalue weighted by Crippen LogP contribution is -2.45. The molecular formula is C14H27NO2. The van der Waals surface area contributed by atoms with Crippen LogP contribution in [0, 0.1) is 5.92 Å². The Morgan fingerprint density at radius 2 is 2.24 bits per heavy atom. The summed E-state index contributed by atoms with van der Waals surface area (Å²) in [6.45, 7) is 8.39. The Morgan fingerprint density at radius 1 is 1.41 bits per heavy atom. The summed E-state index contributed by atoms with van der Waals surface area (Å²) < 4.78 is 11.7. The highest BCUT2D eigenvalue weighted by Gasteiger charge is 2.40. The molecule has 0 spiro atoms. The maximum absolute atomic E-state index is 6.28. The van der Waals surface area contributed by atoms with Gasteiger partial charge in [-0.3, -0.25) is 0 Å². The lowest BCUT2D eigenvalue weighted by Gasteiger charge is -2.43. The van der Waals surface area contributed by atoms with Gasteiger partial charge in [0, 0.05) is 6.61 Å². The molecule has 1 saturated heterocycles. The number of hydrogen-bond donors (Lipinski definition) is 1. The summed E-state index contributed by atoms with van der Waals surface area (Å²) in [5.74, 6) is 0.733. The summed E-state index contributed by atoms with van der Waals surface area (Å²) in [6, 6.07) is 0. The third-order valence-electron chi connectivity index (χ3n) is 3.88. The minimum absolute atomic E-state index is 0.183. The Hall–Kier alpha value is -0.120. The van der Waals surface area contributed by atoms with Crippen LogP contribution in [-0.2, 0) is 9.47 Å². The largest absolute Gasteiger partial charge is 0.379 e. The van der Waals surface area contributed by atoms with E-state index < -0.39 is 0 Å². The smallest absolute Gasteiger partial charge is 0.0837 e. The van der Waals surface area contributed by atoms with Crippen molar-refractivity contribution in [3.8, 4) is 0 Å². The van der Waals surface area contributed by atoms with Gasteiger partial charge in [0.05, 0.1) is 18.3 Å². The number of ether oxygens (including phenoxy) is 2. The summed E-state index contributed by atoms with van der Waals surface area (Å²) in [4.78, 5) is 0. The van der Waals surface area contributed by atoms with Crippen molar-refractivity contribution >= 4 is 0 Å². The second-order valence-corrected chi connectivity index (χ2v) is 5.99. The molecule has 0 aromatic rings. The summed E-state index contributed by atoms with van der Waals surface area (Å²) in [5.41, 5.74) is 0.183.